The van der Waals surface area contributed by atoms with Crippen LogP contribution in [0.4, 0.5) is 0 Å². The Morgan fingerprint density at radius 3 is 2.18 bits per heavy atom. The van der Waals surface area contributed by atoms with E-state index in [9.17, 15) is 4.79 Å². The van der Waals surface area contributed by atoms with Gasteiger partial charge in [0.1, 0.15) is 5.78 Å². The van der Waals surface area contributed by atoms with Gasteiger partial charge in [-0.25, -0.2) is 5.43 Å². The molecule has 0 fully saturated rings. The van der Waals surface area contributed by atoms with E-state index >= 15 is 0 Å². The van der Waals surface area contributed by atoms with Crippen molar-refractivity contribution < 1.29 is 10.0 Å². The van der Waals surface area contributed by atoms with Crippen LogP contribution in [0, 0.1) is 5.92 Å². The third-order valence-corrected chi connectivity index (χ3v) is 3.82. The summed E-state index contributed by atoms with van der Waals surface area (Å²) in [5.74, 6) is 1.22. The molecule has 0 aromatic heterocycles. The summed E-state index contributed by atoms with van der Waals surface area (Å²) >= 11 is 0. The minimum Gasteiger partial charge on any atom is -0.300 e. The first-order valence-electron chi connectivity index (χ1n) is 8.92. The molecule has 4 nitrogen and oxygen atoms in total. The van der Waals surface area contributed by atoms with Crippen LogP contribution in [-0.4, -0.2) is 22.7 Å². The smallest absolute Gasteiger partial charge is 0.132 e. The summed E-state index contributed by atoms with van der Waals surface area (Å²) in [4.78, 5) is 11.7. The van der Waals surface area contributed by atoms with Crippen LogP contribution < -0.4 is 5.43 Å². The molecular formula is C18H36N2O2. The molecule has 0 radical (unpaired) electrons. The zero-order valence-electron chi connectivity index (χ0n) is 14.6. The second kappa shape index (κ2) is 15.0. The number of hydrogen-bond donors (Lipinski definition) is 2. The fraction of sp³-hybridized carbons (Fsp3) is 0.833. The van der Waals surface area contributed by atoms with Crippen molar-refractivity contribution in [2.75, 3.05) is 6.54 Å². The van der Waals surface area contributed by atoms with Crippen molar-refractivity contribution in [3.63, 3.8) is 0 Å². The third kappa shape index (κ3) is 15.5. The van der Waals surface area contributed by atoms with Gasteiger partial charge in [-0.1, -0.05) is 59.0 Å². The van der Waals surface area contributed by atoms with Gasteiger partial charge in [0.15, 0.2) is 0 Å². The molecule has 0 aliphatic carbocycles. The number of hydrazine groups is 1. The Kier molecular flexibility index (Phi) is 14.4. The van der Waals surface area contributed by atoms with E-state index in [2.05, 4.69) is 25.9 Å². The molecule has 0 bridgehead atoms. The molecule has 130 valence electrons. The predicted octanol–water partition coefficient (Wildman–Crippen LogP) is 4.84. The molecule has 0 unspecified atom stereocenters. The van der Waals surface area contributed by atoms with E-state index in [1.165, 1.54) is 25.5 Å². The molecule has 4 heteroatoms. The SMILES string of the molecule is C=CN(O)NCCCCCCCC(=O)CCCCCC(C)C. The van der Waals surface area contributed by atoms with Crippen molar-refractivity contribution in [3.05, 3.63) is 12.8 Å². The fourth-order valence-electron chi connectivity index (χ4n) is 2.41. The minimum absolute atomic E-state index is 0.438. The van der Waals surface area contributed by atoms with Gasteiger partial charge in [0, 0.05) is 25.6 Å². The number of hydroxylamine groups is 1. The van der Waals surface area contributed by atoms with Gasteiger partial charge in [0.2, 0.25) is 0 Å². The molecule has 0 aromatic rings. The number of ketones is 1. The summed E-state index contributed by atoms with van der Waals surface area (Å²) in [5.41, 5.74) is 2.80. The van der Waals surface area contributed by atoms with Crippen molar-refractivity contribution in [2.24, 2.45) is 5.92 Å². The average molecular weight is 312 g/mol. The first-order chi connectivity index (χ1) is 10.6. The largest absolute Gasteiger partial charge is 0.300 e. The molecule has 0 aliphatic heterocycles. The molecule has 22 heavy (non-hydrogen) atoms. The van der Waals surface area contributed by atoms with Crippen LogP contribution in [0.2, 0.25) is 0 Å². The lowest BCUT2D eigenvalue weighted by Crippen LogP contribution is -2.30. The summed E-state index contributed by atoms with van der Waals surface area (Å²) in [5, 5.41) is 9.95. The minimum atomic E-state index is 0.438. The number of carbonyl (C=O) groups is 1. The highest BCUT2D eigenvalue weighted by Gasteiger charge is 2.02. The van der Waals surface area contributed by atoms with Crippen molar-refractivity contribution in [2.45, 2.75) is 84.5 Å². The number of nitrogens with zero attached hydrogens (tertiary/aromatic N) is 1. The number of Topliss-reactive ketones (excluding diaryl/α,β-unsaturated/α-hetero) is 1. The Balaban J connectivity index is 3.23. The summed E-state index contributed by atoms with van der Waals surface area (Å²) in [6.07, 6.45) is 13.1. The quantitative estimate of drug-likeness (QED) is 0.316. The number of unbranched alkanes of at least 4 members (excludes halogenated alkanes) is 6. The van der Waals surface area contributed by atoms with E-state index in [0.29, 0.717) is 5.78 Å². The summed E-state index contributed by atoms with van der Waals surface area (Å²) in [6.45, 7) is 8.69. The van der Waals surface area contributed by atoms with Crippen LogP contribution in [0.1, 0.15) is 84.5 Å². The van der Waals surface area contributed by atoms with Crippen LogP contribution in [0.3, 0.4) is 0 Å². The first kappa shape index (κ1) is 21.1. The number of rotatable bonds is 16. The highest BCUT2D eigenvalue weighted by Crippen LogP contribution is 2.12. The maximum atomic E-state index is 11.7. The normalized spacial score (nSPS) is 10.9. The van der Waals surface area contributed by atoms with Crippen molar-refractivity contribution in [1.29, 1.82) is 0 Å². The van der Waals surface area contributed by atoms with Gasteiger partial charge in [-0.3, -0.25) is 10.0 Å². The molecule has 0 amide bonds. The molecule has 0 rings (SSSR count). The number of carbonyl (C=O) groups excluding carboxylic acids is 1. The summed E-state index contributed by atoms with van der Waals surface area (Å²) in [6, 6.07) is 0. The van der Waals surface area contributed by atoms with Gasteiger partial charge < -0.3 is 0 Å². The van der Waals surface area contributed by atoms with Crippen molar-refractivity contribution in [3.8, 4) is 0 Å². The fourth-order valence-corrected chi connectivity index (χ4v) is 2.41. The van der Waals surface area contributed by atoms with Gasteiger partial charge in [-0.05, 0) is 25.2 Å². The Bertz CT molecular complexity index is 280. The van der Waals surface area contributed by atoms with E-state index in [1.54, 1.807) is 0 Å². The highest BCUT2D eigenvalue weighted by atomic mass is 16.5. The van der Waals surface area contributed by atoms with Crippen LogP contribution in [0.5, 0.6) is 0 Å². The van der Waals surface area contributed by atoms with Crippen LogP contribution >= 0.6 is 0 Å². The molecule has 2 N–H and O–H groups in total. The molecule has 0 atom stereocenters. The third-order valence-electron chi connectivity index (χ3n) is 3.82. The maximum Gasteiger partial charge on any atom is 0.132 e. The molecule has 0 heterocycles. The highest BCUT2D eigenvalue weighted by molar-refractivity contribution is 5.78. The Morgan fingerprint density at radius 2 is 1.59 bits per heavy atom. The van der Waals surface area contributed by atoms with Gasteiger partial charge >= 0.3 is 0 Å². The summed E-state index contributed by atoms with van der Waals surface area (Å²) in [7, 11) is 0. The Morgan fingerprint density at radius 1 is 1.05 bits per heavy atom. The molecule has 0 aromatic carbocycles. The second-order valence-corrected chi connectivity index (χ2v) is 6.48. The average Bonchev–Trinajstić information content (AvgIpc) is 2.48. The monoisotopic (exact) mass is 312 g/mol. The predicted molar refractivity (Wildman–Crippen MR) is 92.5 cm³/mol. The molecule has 0 saturated heterocycles. The summed E-state index contributed by atoms with van der Waals surface area (Å²) < 4.78 is 0. The number of hydrogen-bond acceptors (Lipinski definition) is 4. The zero-order chi connectivity index (χ0) is 16.6. The second-order valence-electron chi connectivity index (χ2n) is 6.48. The van der Waals surface area contributed by atoms with Gasteiger partial charge in [-0.2, -0.15) is 5.17 Å². The van der Waals surface area contributed by atoms with Crippen molar-refractivity contribution in [1.82, 2.24) is 10.6 Å². The number of nitrogens with one attached hydrogen (secondary N) is 1. The van der Waals surface area contributed by atoms with E-state index in [-0.39, 0.29) is 0 Å². The lowest BCUT2D eigenvalue weighted by Gasteiger charge is -2.11. The van der Waals surface area contributed by atoms with Crippen LogP contribution in [0.15, 0.2) is 12.8 Å². The van der Waals surface area contributed by atoms with E-state index in [1.807, 2.05) is 0 Å². The molecular weight excluding hydrogens is 276 g/mol. The maximum absolute atomic E-state index is 11.7. The molecule has 0 spiro atoms. The lowest BCUT2D eigenvalue weighted by atomic mass is 10.0. The van der Waals surface area contributed by atoms with Crippen molar-refractivity contribution >= 4 is 5.78 Å². The zero-order valence-corrected chi connectivity index (χ0v) is 14.6. The standard InChI is InChI=1S/C18H36N2O2/c1-4-20(22)19-16-12-7-5-6-10-14-18(21)15-11-8-9-13-17(2)3/h4,17,19,22H,1,5-16H2,2-3H3. The van der Waals surface area contributed by atoms with Gasteiger partial charge in [0.25, 0.3) is 0 Å². The Hall–Kier alpha value is -0.870. The van der Waals surface area contributed by atoms with Crippen LogP contribution in [-0.2, 0) is 4.79 Å². The van der Waals surface area contributed by atoms with Crippen LogP contribution in [0.25, 0.3) is 0 Å². The van der Waals surface area contributed by atoms with E-state index in [0.717, 1.165) is 69.0 Å². The molecule has 0 aliphatic rings. The molecule has 0 saturated carbocycles. The lowest BCUT2D eigenvalue weighted by molar-refractivity contribution is -0.119. The van der Waals surface area contributed by atoms with E-state index < -0.39 is 0 Å². The van der Waals surface area contributed by atoms with Gasteiger partial charge in [0.05, 0.1) is 0 Å². The topological polar surface area (TPSA) is 52.6 Å². The van der Waals surface area contributed by atoms with E-state index in [4.69, 9.17) is 5.21 Å². The first-order valence-corrected chi connectivity index (χ1v) is 8.92. The van der Waals surface area contributed by atoms with Gasteiger partial charge in [-0.15, -0.1) is 0 Å². The Labute approximate surface area is 136 Å².